The summed E-state index contributed by atoms with van der Waals surface area (Å²) in [6.07, 6.45) is 2.99. The Kier molecular flexibility index (Phi) is 5.58. The summed E-state index contributed by atoms with van der Waals surface area (Å²) in [4.78, 5) is 4.70. The van der Waals surface area contributed by atoms with Crippen LogP contribution in [-0.2, 0) is 13.0 Å². The fourth-order valence-corrected chi connectivity index (χ4v) is 2.37. The van der Waals surface area contributed by atoms with Crippen molar-refractivity contribution in [3.8, 4) is 11.5 Å². The van der Waals surface area contributed by atoms with Gasteiger partial charge in [0.25, 0.3) is 0 Å². The fraction of sp³-hybridized carbons (Fsp3) is 0.353. The summed E-state index contributed by atoms with van der Waals surface area (Å²) < 4.78 is 10.7. The number of quaternary nitrogens is 1. The molecule has 112 valence electrons. The van der Waals surface area contributed by atoms with Crippen LogP contribution in [0.5, 0.6) is 11.5 Å². The van der Waals surface area contributed by atoms with Crippen LogP contribution in [-0.4, -0.2) is 27.8 Å². The minimum Gasteiger partial charge on any atom is -0.497 e. The zero-order valence-corrected chi connectivity index (χ0v) is 13.0. The highest BCUT2D eigenvalue weighted by molar-refractivity contribution is 5.39. The molecule has 4 nitrogen and oxygen atoms in total. The van der Waals surface area contributed by atoms with Crippen molar-refractivity contribution in [2.75, 3.05) is 27.8 Å². The maximum Gasteiger partial charge on any atom is 0.185 e. The topological polar surface area (TPSA) is 37.0 Å². The van der Waals surface area contributed by atoms with Crippen LogP contribution < -0.4 is 19.4 Å². The molecule has 0 spiro atoms. The SMILES string of the molecule is COc1ccc(OC)c(C[NH+](C)CCc2cccc[nH+]2)c1. The summed E-state index contributed by atoms with van der Waals surface area (Å²) in [5.41, 5.74) is 2.43. The van der Waals surface area contributed by atoms with E-state index in [1.807, 2.05) is 24.4 Å². The summed E-state index contributed by atoms with van der Waals surface area (Å²) in [5, 5.41) is 0. The Hall–Kier alpha value is -2.07. The average molecular weight is 288 g/mol. The molecule has 2 N–H and O–H groups in total. The van der Waals surface area contributed by atoms with Crippen LogP contribution in [0.4, 0.5) is 0 Å². The number of aromatic amines is 1. The Morgan fingerprint density at radius 3 is 2.62 bits per heavy atom. The summed E-state index contributed by atoms with van der Waals surface area (Å²) in [5.74, 6) is 1.79. The van der Waals surface area contributed by atoms with Gasteiger partial charge in [-0.15, -0.1) is 0 Å². The maximum atomic E-state index is 5.43. The molecule has 0 saturated heterocycles. The van der Waals surface area contributed by atoms with E-state index in [4.69, 9.17) is 9.47 Å². The predicted molar refractivity (Wildman–Crippen MR) is 81.7 cm³/mol. The van der Waals surface area contributed by atoms with E-state index < -0.39 is 0 Å². The minimum absolute atomic E-state index is 0.870. The molecule has 1 unspecified atom stereocenters. The van der Waals surface area contributed by atoms with Gasteiger partial charge < -0.3 is 14.4 Å². The quantitative estimate of drug-likeness (QED) is 0.817. The number of H-pyrrole nitrogens is 1. The molecular formula is C17H24N2O2+2. The van der Waals surface area contributed by atoms with Gasteiger partial charge in [0.15, 0.2) is 11.9 Å². The Bertz CT molecular complexity index is 558. The molecule has 1 heterocycles. The van der Waals surface area contributed by atoms with Crippen molar-refractivity contribution in [1.82, 2.24) is 0 Å². The summed E-state index contributed by atoms with van der Waals surface area (Å²) in [6.45, 7) is 1.97. The third-order valence-corrected chi connectivity index (χ3v) is 3.57. The van der Waals surface area contributed by atoms with Crippen LogP contribution in [0.2, 0.25) is 0 Å². The number of methoxy groups -OCH3 is 2. The van der Waals surface area contributed by atoms with Crippen molar-refractivity contribution in [3.63, 3.8) is 0 Å². The van der Waals surface area contributed by atoms with Gasteiger partial charge in [0.1, 0.15) is 18.0 Å². The lowest BCUT2D eigenvalue weighted by atomic mass is 10.1. The molecule has 1 aromatic carbocycles. The fourth-order valence-electron chi connectivity index (χ4n) is 2.37. The first-order valence-electron chi connectivity index (χ1n) is 7.20. The van der Waals surface area contributed by atoms with Crippen molar-refractivity contribution in [3.05, 3.63) is 53.9 Å². The number of hydrogen-bond acceptors (Lipinski definition) is 2. The minimum atomic E-state index is 0.870. The molecule has 1 atom stereocenters. The lowest BCUT2D eigenvalue weighted by Gasteiger charge is -2.16. The van der Waals surface area contributed by atoms with E-state index in [1.165, 1.54) is 16.2 Å². The standard InChI is InChI=1S/C17H22N2O2/c1-19(11-9-15-6-4-5-10-18-15)13-14-12-16(20-2)7-8-17(14)21-3/h4-8,10,12H,9,11,13H2,1-3H3/p+2. The number of rotatable bonds is 7. The van der Waals surface area contributed by atoms with E-state index >= 15 is 0 Å². The van der Waals surface area contributed by atoms with Crippen molar-refractivity contribution in [2.24, 2.45) is 0 Å². The van der Waals surface area contributed by atoms with E-state index in [0.29, 0.717) is 0 Å². The maximum absolute atomic E-state index is 5.43. The van der Waals surface area contributed by atoms with Crippen LogP contribution in [0, 0.1) is 0 Å². The van der Waals surface area contributed by atoms with E-state index in [2.05, 4.69) is 30.2 Å². The molecule has 0 aliphatic carbocycles. The molecule has 0 fully saturated rings. The summed E-state index contributed by atoms with van der Waals surface area (Å²) in [6, 6.07) is 12.1. The van der Waals surface area contributed by atoms with Crippen LogP contribution >= 0.6 is 0 Å². The van der Waals surface area contributed by atoms with Gasteiger partial charge in [0.05, 0.1) is 39.8 Å². The molecule has 0 amide bonds. The monoisotopic (exact) mass is 288 g/mol. The third-order valence-electron chi connectivity index (χ3n) is 3.57. The molecule has 0 saturated carbocycles. The summed E-state index contributed by atoms with van der Waals surface area (Å²) in [7, 11) is 5.59. The Labute approximate surface area is 126 Å². The molecule has 2 rings (SSSR count). The lowest BCUT2D eigenvalue weighted by Crippen LogP contribution is -3.07. The second-order valence-corrected chi connectivity index (χ2v) is 5.20. The second-order valence-electron chi connectivity index (χ2n) is 5.20. The van der Waals surface area contributed by atoms with Crippen molar-refractivity contribution in [2.45, 2.75) is 13.0 Å². The van der Waals surface area contributed by atoms with Crippen molar-refractivity contribution < 1.29 is 19.4 Å². The van der Waals surface area contributed by atoms with Crippen molar-refractivity contribution >= 4 is 0 Å². The number of pyridine rings is 1. The Balaban J connectivity index is 1.97. The number of benzene rings is 1. The molecule has 0 radical (unpaired) electrons. The zero-order chi connectivity index (χ0) is 15.1. The van der Waals surface area contributed by atoms with E-state index in [9.17, 15) is 0 Å². The predicted octanol–water partition coefficient (Wildman–Crippen LogP) is 0.775. The van der Waals surface area contributed by atoms with Crippen LogP contribution in [0.1, 0.15) is 11.3 Å². The number of ether oxygens (including phenoxy) is 2. The Morgan fingerprint density at radius 2 is 1.95 bits per heavy atom. The van der Waals surface area contributed by atoms with Gasteiger partial charge in [-0.25, -0.2) is 4.98 Å². The zero-order valence-electron chi connectivity index (χ0n) is 13.0. The first-order chi connectivity index (χ1) is 10.2. The van der Waals surface area contributed by atoms with Crippen LogP contribution in [0.25, 0.3) is 0 Å². The highest BCUT2D eigenvalue weighted by Gasteiger charge is 2.12. The van der Waals surface area contributed by atoms with Gasteiger partial charge in [0, 0.05) is 12.1 Å². The molecule has 4 heteroatoms. The van der Waals surface area contributed by atoms with Gasteiger partial charge >= 0.3 is 0 Å². The molecule has 0 aliphatic heterocycles. The van der Waals surface area contributed by atoms with E-state index in [0.717, 1.165) is 31.0 Å². The first-order valence-corrected chi connectivity index (χ1v) is 7.20. The molecular weight excluding hydrogens is 264 g/mol. The van der Waals surface area contributed by atoms with Crippen molar-refractivity contribution in [1.29, 1.82) is 0 Å². The molecule has 2 aromatic rings. The second kappa shape index (κ2) is 7.64. The average Bonchev–Trinajstić information content (AvgIpc) is 2.54. The highest BCUT2D eigenvalue weighted by Crippen LogP contribution is 2.23. The first kappa shape index (κ1) is 15.3. The van der Waals surface area contributed by atoms with Gasteiger partial charge in [0.2, 0.25) is 0 Å². The third kappa shape index (κ3) is 4.46. The highest BCUT2D eigenvalue weighted by atomic mass is 16.5. The largest absolute Gasteiger partial charge is 0.497 e. The number of hydrogen-bond donors (Lipinski definition) is 1. The van der Waals surface area contributed by atoms with Gasteiger partial charge in [-0.2, -0.15) is 0 Å². The molecule has 21 heavy (non-hydrogen) atoms. The van der Waals surface area contributed by atoms with Gasteiger partial charge in [-0.1, -0.05) is 6.07 Å². The molecule has 0 bridgehead atoms. The van der Waals surface area contributed by atoms with Crippen LogP contribution in [0.15, 0.2) is 42.6 Å². The lowest BCUT2D eigenvalue weighted by molar-refractivity contribution is -0.893. The molecule has 1 aromatic heterocycles. The smallest absolute Gasteiger partial charge is 0.185 e. The number of nitrogens with one attached hydrogen (secondary N) is 2. The van der Waals surface area contributed by atoms with E-state index in [-0.39, 0.29) is 0 Å². The molecule has 0 aliphatic rings. The van der Waals surface area contributed by atoms with Crippen LogP contribution in [0.3, 0.4) is 0 Å². The Morgan fingerprint density at radius 1 is 1.10 bits per heavy atom. The summed E-state index contributed by atoms with van der Waals surface area (Å²) >= 11 is 0. The number of aromatic nitrogens is 1. The normalized spacial score (nSPS) is 12.0. The number of likely N-dealkylation sites (N-methyl/N-ethyl adjacent to an activating group) is 1. The van der Waals surface area contributed by atoms with E-state index in [1.54, 1.807) is 14.2 Å². The van der Waals surface area contributed by atoms with Gasteiger partial charge in [-0.05, 0) is 18.2 Å². The van der Waals surface area contributed by atoms with Gasteiger partial charge in [-0.3, -0.25) is 0 Å².